The lowest BCUT2D eigenvalue weighted by atomic mass is 10.2. The molecule has 0 fully saturated rings. The Morgan fingerprint density at radius 3 is 3.00 bits per heavy atom. The van der Waals surface area contributed by atoms with Crippen LogP contribution >= 0.6 is 11.6 Å². The van der Waals surface area contributed by atoms with Crippen molar-refractivity contribution in [3.63, 3.8) is 0 Å². The van der Waals surface area contributed by atoms with Crippen LogP contribution in [0.2, 0.25) is 5.28 Å². The lowest BCUT2D eigenvalue weighted by molar-refractivity contribution is -0.137. The first-order chi connectivity index (χ1) is 7.08. The van der Waals surface area contributed by atoms with Crippen molar-refractivity contribution >= 4 is 28.6 Å². The fraction of sp³-hybridized carbons (Fsp3) is 0.200. The molecule has 2 rings (SSSR count). The molecule has 1 heterocycles. The molecule has 0 radical (unpaired) electrons. The van der Waals surface area contributed by atoms with Crippen LogP contribution in [0.3, 0.4) is 0 Å². The number of hydrogen-bond acceptors (Lipinski definition) is 2. The van der Waals surface area contributed by atoms with Crippen LogP contribution < -0.4 is 0 Å². The number of fused-ring (bicyclic) bond motifs is 1. The lowest BCUT2D eigenvalue weighted by Crippen LogP contribution is -2.08. The number of aliphatic carboxylic acids is 1. The third kappa shape index (κ3) is 1.80. The second-order valence-electron chi connectivity index (χ2n) is 3.35. The highest BCUT2D eigenvalue weighted by Crippen LogP contribution is 2.20. The van der Waals surface area contributed by atoms with Crippen molar-refractivity contribution in [1.82, 2.24) is 9.55 Å². The molecular formula is C10H9ClN2O2. The topological polar surface area (TPSA) is 55.1 Å². The summed E-state index contributed by atoms with van der Waals surface area (Å²) in [6.45, 7) is 1.78. The predicted octanol–water partition coefficient (Wildman–Crippen LogP) is 2.08. The van der Waals surface area contributed by atoms with E-state index in [1.54, 1.807) is 0 Å². The summed E-state index contributed by atoms with van der Waals surface area (Å²) in [4.78, 5) is 14.7. The van der Waals surface area contributed by atoms with Crippen LogP contribution in [0.4, 0.5) is 0 Å². The fourth-order valence-corrected chi connectivity index (χ4v) is 1.74. The summed E-state index contributed by atoms with van der Waals surface area (Å²) in [6.07, 6.45) is 0. The van der Waals surface area contributed by atoms with Crippen LogP contribution in [0, 0.1) is 6.92 Å². The molecule has 1 aromatic heterocycles. The number of aryl methyl sites for hydroxylation is 1. The number of nitrogens with zero attached hydrogens (tertiary/aromatic N) is 2. The number of carboxylic acid groups (broad SMARTS) is 1. The van der Waals surface area contributed by atoms with E-state index in [1.165, 1.54) is 4.57 Å². The van der Waals surface area contributed by atoms with Crippen LogP contribution in [-0.4, -0.2) is 20.6 Å². The Balaban J connectivity index is 2.63. The highest BCUT2D eigenvalue weighted by atomic mass is 35.5. The fourth-order valence-electron chi connectivity index (χ4n) is 1.50. The summed E-state index contributed by atoms with van der Waals surface area (Å²) in [5.41, 5.74) is 2.54. The monoisotopic (exact) mass is 224 g/mol. The molecule has 15 heavy (non-hydrogen) atoms. The average Bonchev–Trinajstić information content (AvgIpc) is 2.41. The summed E-state index contributed by atoms with van der Waals surface area (Å²) in [7, 11) is 0. The third-order valence-electron chi connectivity index (χ3n) is 2.15. The second-order valence-corrected chi connectivity index (χ2v) is 3.69. The quantitative estimate of drug-likeness (QED) is 0.850. The van der Waals surface area contributed by atoms with Crippen LogP contribution in [0.1, 0.15) is 5.56 Å². The van der Waals surface area contributed by atoms with Gasteiger partial charge in [0.25, 0.3) is 0 Å². The van der Waals surface area contributed by atoms with Gasteiger partial charge in [-0.05, 0) is 36.2 Å². The van der Waals surface area contributed by atoms with Gasteiger partial charge in [0, 0.05) is 0 Å². The molecule has 0 aliphatic carbocycles. The van der Waals surface area contributed by atoms with E-state index < -0.39 is 5.97 Å². The van der Waals surface area contributed by atoms with E-state index in [0.29, 0.717) is 0 Å². The number of rotatable bonds is 2. The Kier molecular flexibility index (Phi) is 2.36. The Labute approximate surface area is 91.1 Å². The molecular weight excluding hydrogens is 216 g/mol. The lowest BCUT2D eigenvalue weighted by Gasteiger charge is -2.00. The van der Waals surface area contributed by atoms with Gasteiger partial charge in [0.2, 0.25) is 5.28 Å². The number of carbonyl (C=O) groups is 1. The zero-order chi connectivity index (χ0) is 11.0. The van der Waals surface area contributed by atoms with Crippen LogP contribution in [0.15, 0.2) is 18.2 Å². The number of aromatic nitrogens is 2. The summed E-state index contributed by atoms with van der Waals surface area (Å²) in [5, 5.41) is 8.92. The molecule has 0 saturated carbocycles. The van der Waals surface area contributed by atoms with Gasteiger partial charge >= 0.3 is 5.97 Å². The van der Waals surface area contributed by atoms with Gasteiger partial charge in [-0.3, -0.25) is 4.79 Å². The minimum absolute atomic E-state index is 0.168. The van der Waals surface area contributed by atoms with Crippen LogP contribution in [0.5, 0.6) is 0 Å². The molecule has 1 aromatic carbocycles. The highest BCUT2D eigenvalue weighted by molar-refractivity contribution is 6.29. The van der Waals surface area contributed by atoms with Gasteiger partial charge in [-0.25, -0.2) is 4.98 Å². The van der Waals surface area contributed by atoms with Gasteiger partial charge in [0.05, 0.1) is 11.0 Å². The molecule has 0 saturated heterocycles. The minimum Gasteiger partial charge on any atom is -0.480 e. The molecule has 1 N–H and O–H groups in total. The van der Waals surface area contributed by atoms with E-state index in [1.807, 2.05) is 25.1 Å². The molecule has 0 unspecified atom stereocenters. The Hall–Kier alpha value is -1.55. The molecule has 0 aliphatic rings. The van der Waals surface area contributed by atoms with Crippen molar-refractivity contribution in [3.8, 4) is 0 Å². The van der Waals surface area contributed by atoms with Gasteiger partial charge in [-0.15, -0.1) is 0 Å². The predicted molar refractivity (Wildman–Crippen MR) is 57.1 cm³/mol. The Morgan fingerprint density at radius 1 is 1.60 bits per heavy atom. The molecule has 0 aliphatic heterocycles. The molecule has 5 heteroatoms. The van der Waals surface area contributed by atoms with Crippen molar-refractivity contribution in [2.24, 2.45) is 0 Å². The smallest absolute Gasteiger partial charge is 0.323 e. The molecule has 0 spiro atoms. The maximum absolute atomic E-state index is 10.6. The maximum Gasteiger partial charge on any atom is 0.323 e. The van der Waals surface area contributed by atoms with Gasteiger partial charge in [0.15, 0.2) is 0 Å². The highest BCUT2D eigenvalue weighted by Gasteiger charge is 2.11. The van der Waals surface area contributed by atoms with E-state index in [4.69, 9.17) is 16.7 Å². The normalized spacial score (nSPS) is 10.8. The number of hydrogen-bond donors (Lipinski definition) is 1. The summed E-state index contributed by atoms with van der Waals surface area (Å²) in [6, 6.07) is 5.60. The summed E-state index contributed by atoms with van der Waals surface area (Å²) >= 11 is 5.85. The van der Waals surface area contributed by atoms with E-state index in [9.17, 15) is 4.79 Å². The number of carboxylic acids is 1. The van der Waals surface area contributed by atoms with Crippen molar-refractivity contribution in [3.05, 3.63) is 29.0 Å². The zero-order valence-electron chi connectivity index (χ0n) is 8.07. The zero-order valence-corrected chi connectivity index (χ0v) is 8.82. The van der Waals surface area contributed by atoms with Crippen molar-refractivity contribution in [2.75, 3.05) is 0 Å². The minimum atomic E-state index is -0.934. The number of imidazole rings is 1. The van der Waals surface area contributed by atoms with Crippen molar-refractivity contribution in [1.29, 1.82) is 0 Å². The van der Waals surface area contributed by atoms with Gasteiger partial charge in [0.1, 0.15) is 6.54 Å². The average molecular weight is 225 g/mol. The van der Waals surface area contributed by atoms with Crippen LogP contribution in [-0.2, 0) is 11.3 Å². The van der Waals surface area contributed by atoms with Crippen molar-refractivity contribution < 1.29 is 9.90 Å². The summed E-state index contributed by atoms with van der Waals surface area (Å²) in [5.74, 6) is -0.934. The van der Waals surface area contributed by atoms with Gasteiger partial charge in [-0.2, -0.15) is 0 Å². The van der Waals surface area contributed by atoms with Crippen molar-refractivity contribution in [2.45, 2.75) is 13.5 Å². The number of benzene rings is 1. The van der Waals surface area contributed by atoms with E-state index in [0.717, 1.165) is 16.6 Å². The molecule has 0 amide bonds. The molecule has 78 valence electrons. The molecule has 0 bridgehead atoms. The molecule has 4 nitrogen and oxygen atoms in total. The first-order valence-corrected chi connectivity index (χ1v) is 4.80. The molecule has 0 atom stereocenters. The van der Waals surface area contributed by atoms with Gasteiger partial charge < -0.3 is 9.67 Å². The SMILES string of the molecule is Cc1ccc2c(c1)nc(Cl)n2CC(=O)O. The van der Waals surface area contributed by atoms with E-state index in [-0.39, 0.29) is 11.8 Å². The first kappa shape index (κ1) is 9.98. The second kappa shape index (κ2) is 3.55. The Morgan fingerprint density at radius 2 is 2.33 bits per heavy atom. The third-order valence-corrected chi connectivity index (χ3v) is 2.44. The number of halogens is 1. The maximum atomic E-state index is 10.6. The first-order valence-electron chi connectivity index (χ1n) is 4.42. The molecule has 2 aromatic rings. The van der Waals surface area contributed by atoms with Gasteiger partial charge in [-0.1, -0.05) is 6.07 Å². The van der Waals surface area contributed by atoms with Crippen LogP contribution in [0.25, 0.3) is 11.0 Å². The largest absolute Gasteiger partial charge is 0.480 e. The van der Waals surface area contributed by atoms with E-state index >= 15 is 0 Å². The standard InChI is InChI=1S/C10H9ClN2O2/c1-6-2-3-8-7(4-6)12-10(11)13(8)5-9(14)15/h2-4H,5H2,1H3,(H,14,15). The van der Waals surface area contributed by atoms with E-state index in [2.05, 4.69) is 4.98 Å². The Bertz CT molecular complexity index is 533. The summed E-state index contributed by atoms with van der Waals surface area (Å²) < 4.78 is 1.47.